The first-order valence-electron chi connectivity index (χ1n) is 6.80. The largest absolute Gasteiger partial charge is 0.505 e. The van der Waals surface area contributed by atoms with Gasteiger partial charge in [-0.2, -0.15) is 0 Å². The highest BCUT2D eigenvalue weighted by atomic mass is 19.1. The molecule has 0 atom stereocenters. The Labute approximate surface area is 113 Å². The maximum absolute atomic E-state index is 13.0. The quantitative estimate of drug-likeness (QED) is 0.571. The van der Waals surface area contributed by atoms with Crippen LogP contribution in [0.4, 0.5) is 4.39 Å². The number of hydrogen-bond acceptors (Lipinski definition) is 3. The third-order valence-electron chi connectivity index (χ3n) is 2.91. The summed E-state index contributed by atoms with van der Waals surface area (Å²) in [5.41, 5.74) is 0.126. The molecule has 0 aliphatic heterocycles. The molecule has 0 aromatic heterocycles. The minimum Gasteiger partial charge on any atom is -0.505 e. The number of hydrogen-bond donors (Lipinski definition) is 1. The summed E-state index contributed by atoms with van der Waals surface area (Å²) in [6.07, 6.45) is 6.69. The van der Waals surface area contributed by atoms with Gasteiger partial charge in [0.15, 0.2) is 11.6 Å². The van der Waals surface area contributed by atoms with Crippen LogP contribution in [0.2, 0.25) is 0 Å². The number of phenols is 1. The summed E-state index contributed by atoms with van der Waals surface area (Å²) < 4.78 is 18.1. The lowest BCUT2D eigenvalue weighted by Gasteiger charge is -2.05. The lowest BCUT2D eigenvalue weighted by molar-refractivity contribution is 0.0497. The summed E-state index contributed by atoms with van der Waals surface area (Å²) in [6.45, 7) is 2.52. The van der Waals surface area contributed by atoms with Gasteiger partial charge in [0.1, 0.15) is 0 Å². The van der Waals surface area contributed by atoms with E-state index in [2.05, 4.69) is 6.92 Å². The zero-order chi connectivity index (χ0) is 14.1. The van der Waals surface area contributed by atoms with Crippen molar-refractivity contribution in [3.05, 3.63) is 29.6 Å². The summed E-state index contributed by atoms with van der Waals surface area (Å²) in [7, 11) is 0. The maximum atomic E-state index is 13.0. The Morgan fingerprint density at radius 2 is 1.89 bits per heavy atom. The predicted molar refractivity (Wildman–Crippen MR) is 71.7 cm³/mol. The number of aromatic hydroxyl groups is 1. The molecule has 0 aliphatic rings. The molecule has 0 saturated carbocycles. The second-order valence-electron chi connectivity index (χ2n) is 4.57. The number of ether oxygens (including phenoxy) is 1. The maximum Gasteiger partial charge on any atom is 0.338 e. The van der Waals surface area contributed by atoms with Gasteiger partial charge in [0.2, 0.25) is 0 Å². The van der Waals surface area contributed by atoms with Gasteiger partial charge in [-0.15, -0.1) is 0 Å². The van der Waals surface area contributed by atoms with Gasteiger partial charge in [0, 0.05) is 0 Å². The van der Waals surface area contributed by atoms with Crippen LogP contribution in [-0.4, -0.2) is 17.7 Å². The summed E-state index contributed by atoms with van der Waals surface area (Å²) in [6, 6.07) is 3.48. The minimum absolute atomic E-state index is 0.126. The number of rotatable bonds is 8. The first-order valence-corrected chi connectivity index (χ1v) is 6.80. The number of halogens is 1. The first-order chi connectivity index (χ1) is 9.15. The summed E-state index contributed by atoms with van der Waals surface area (Å²) in [5, 5.41) is 9.02. The van der Waals surface area contributed by atoms with E-state index >= 15 is 0 Å². The molecule has 19 heavy (non-hydrogen) atoms. The molecule has 4 heteroatoms. The average molecular weight is 268 g/mol. The average Bonchev–Trinajstić information content (AvgIpc) is 2.40. The van der Waals surface area contributed by atoms with E-state index in [0.29, 0.717) is 6.61 Å². The van der Waals surface area contributed by atoms with Crippen LogP contribution in [0.3, 0.4) is 0 Å². The summed E-state index contributed by atoms with van der Waals surface area (Å²) >= 11 is 0. The number of unbranched alkanes of at least 4 members (excludes halogenated alkanes) is 5. The highest BCUT2D eigenvalue weighted by Gasteiger charge is 2.10. The first kappa shape index (κ1) is 15.5. The van der Waals surface area contributed by atoms with Gasteiger partial charge < -0.3 is 9.84 Å². The normalized spacial score (nSPS) is 10.4. The molecule has 0 bridgehead atoms. The van der Waals surface area contributed by atoms with Crippen molar-refractivity contribution in [1.82, 2.24) is 0 Å². The Kier molecular flexibility index (Phi) is 6.93. The molecule has 1 aromatic rings. The minimum atomic E-state index is -0.811. The van der Waals surface area contributed by atoms with Crippen molar-refractivity contribution in [3.8, 4) is 5.75 Å². The van der Waals surface area contributed by atoms with E-state index in [1.54, 1.807) is 0 Å². The molecule has 0 spiro atoms. The number of esters is 1. The fourth-order valence-corrected chi connectivity index (χ4v) is 1.76. The monoisotopic (exact) mass is 268 g/mol. The Morgan fingerprint density at radius 3 is 2.58 bits per heavy atom. The van der Waals surface area contributed by atoms with Crippen molar-refractivity contribution in [2.24, 2.45) is 0 Å². The highest BCUT2D eigenvalue weighted by molar-refractivity contribution is 5.89. The molecule has 0 aliphatic carbocycles. The molecule has 1 rings (SSSR count). The predicted octanol–water partition coefficient (Wildman–Crippen LogP) is 4.05. The van der Waals surface area contributed by atoms with E-state index in [-0.39, 0.29) is 5.56 Å². The molecule has 1 aromatic carbocycles. The molecule has 3 nitrogen and oxygen atoms in total. The lowest BCUT2D eigenvalue weighted by Crippen LogP contribution is -2.06. The molecule has 0 fully saturated rings. The number of carbonyl (C=O) groups is 1. The van der Waals surface area contributed by atoms with Gasteiger partial charge in [-0.1, -0.05) is 39.0 Å². The van der Waals surface area contributed by atoms with Gasteiger partial charge in [-0.3, -0.25) is 0 Å². The topological polar surface area (TPSA) is 46.5 Å². The van der Waals surface area contributed by atoms with Crippen LogP contribution in [0.1, 0.15) is 55.8 Å². The second kappa shape index (κ2) is 8.51. The van der Waals surface area contributed by atoms with Crippen LogP contribution in [0.5, 0.6) is 5.75 Å². The van der Waals surface area contributed by atoms with E-state index in [1.165, 1.54) is 25.3 Å². The highest BCUT2D eigenvalue weighted by Crippen LogP contribution is 2.16. The zero-order valence-electron chi connectivity index (χ0n) is 11.3. The van der Waals surface area contributed by atoms with Crippen molar-refractivity contribution in [2.45, 2.75) is 45.4 Å². The number of benzene rings is 1. The van der Waals surface area contributed by atoms with E-state index in [1.807, 2.05) is 0 Å². The van der Waals surface area contributed by atoms with E-state index < -0.39 is 17.5 Å². The van der Waals surface area contributed by atoms with E-state index in [4.69, 9.17) is 9.84 Å². The molecule has 106 valence electrons. The van der Waals surface area contributed by atoms with Gasteiger partial charge in [-0.05, 0) is 24.6 Å². The third kappa shape index (κ3) is 5.73. The van der Waals surface area contributed by atoms with Gasteiger partial charge in [-0.25, -0.2) is 9.18 Å². The van der Waals surface area contributed by atoms with Crippen molar-refractivity contribution in [2.75, 3.05) is 6.61 Å². The van der Waals surface area contributed by atoms with E-state index in [9.17, 15) is 9.18 Å². The third-order valence-corrected chi connectivity index (χ3v) is 2.91. The summed E-state index contributed by atoms with van der Waals surface area (Å²) in [4.78, 5) is 11.6. The Morgan fingerprint density at radius 1 is 1.21 bits per heavy atom. The van der Waals surface area contributed by atoms with Gasteiger partial charge >= 0.3 is 5.97 Å². The Bertz CT molecular complexity index is 404. The number of carbonyl (C=O) groups excluding carboxylic acids is 1. The van der Waals surface area contributed by atoms with Crippen molar-refractivity contribution in [1.29, 1.82) is 0 Å². The van der Waals surface area contributed by atoms with Crippen LogP contribution in [0.15, 0.2) is 18.2 Å². The van der Waals surface area contributed by atoms with Crippen LogP contribution in [-0.2, 0) is 4.74 Å². The molecule has 0 unspecified atom stereocenters. The van der Waals surface area contributed by atoms with Crippen molar-refractivity contribution in [3.63, 3.8) is 0 Å². The zero-order valence-corrected chi connectivity index (χ0v) is 11.3. The molecular formula is C15H21FO3. The smallest absolute Gasteiger partial charge is 0.338 e. The SMILES string of the molecule is CCCCCCCCOC(=O)c1ccc(O)c(F)c1. The Balaban J connectivity index is 2.22. The fraction of sp³-hybridized carbons (Fsp3) is 0.533. The molecule has 0 saturated heterocycles. The molecule has 0 amide bonds. The van der Waals surface area contributed by atoms with Gasteiger partial charge in [0.25, 0.3) is 0 Å². The van der Waals surface area contributed by atoms with E-state index in [0.717, 1.165) is 31.4 Å². The fourth-order valence-electron chi connectivity index (χ4n) is 1.76. The van der Waals surface area contributed by atoms with Crippen LogP contribution in [0.25, 0.3) is 0 Å². The standard InChI is InChI=1S/C15H21FO3/c1-2-3-4-5-6-7-10-19-15(18)12-8-9-14(17)13(16)11-12/h8-9,11,17H,2-7,10H2,1H3. The molecule has 0 radical (unpaired) electrons. The molecule has 0 heterocycles. The molecular weight excluding hydrogens is 247 g/mol. The van der Waals surface area contributed by atoms with Crippen LogP contribution >= 0.6 is 0 Å². The number of phenolic OH excluding ortho intramolecular Hbond substituents is 1. The van der Waals surface area contributed by atoms with Crippen LogP contribution in [0, 0.1) is 5.82 Å². The lowest BCUT2D eigenvalue weighted by atomic mass is 10.1. The summed E-state index contributed by atoms with van der Waals surface area (Å²) in [5.74, 6) is -1.83. The van der Waals surface area contributed by atoms with Gasteiger partial charge in [0.05, 0.1) is 12.2 Å². The van der Waals surface area contributed by atoms with Crippen molar-refractivity contribution >= 4 is 5.97 Å². The van der Waals surface area contributed by atoms with Crippen LogP contribution < -0.4 is 0 Å². The molecule has 1 N–H and O–H groups in total. The van der Waals surface area contributed by atoms with Crippen molar-refractivity contribution < 1.29 is 19.0 Å². The second-order valence-corrected chi connectivity index (χ2v) is 4.57. The Hall–Kier alpha value is -1.58.